The fourth-order valence-electron chi connectivity index (χ4n) is 3.65. The summed E-state index contributed by atoms with van der Waals surface area (Å²) < 4.78 is 75.9. The summed E-state index contributed by atoms with van der Waals surface area (Å²) in [7, 11) is -24.6. The number of anilines is 1. The van der Waals surface area contributed by atoms with Crippen molar-refractivity contribution in [2.75, 3.05) is 18.9 Å². The summed E-state index contributed by atoms with van der Waals surface area (Å²) >= 11 is 0. The van der Waals surface area contributed by atoms with Crippen LogP contribution in [0.5, 0.6) is 0 Å². The summed E-state index contributed by atoms with van der Waals surface area (Å²) in [4.78, 5) is 60.7. The molecule has 0 saturated carbocycles. The highest BCUT2D eigenvalue weighted by atomic mass is 31.3. The Morgan fingerprint density at radius 2 is 1.61 bits per heavy atom. The van der Waals surface area contributed by atoms with E-state index >= 15 is 0 Å². The molecular weight excluding hydrogens is 722 g/mol. The van der Waals surface area contributed by atoms with Crippen LogP contribution in [0, 0.1) is 0 Å². The number of imidazole rings is 1. The van der Waals surface area contributed by atoms with Crippen molar-refractivity contribution < 1.29 is 100.0 Å². The molecule has 1 saturated heterocycles. The predicted molar refractivity (Wildman–Crippen MR) is 140 cm³/mol. The third kappa shape index (κ3) is 9.69. The van der Waals surface area contributed by atoms with Gasteiger partial charge < -0.3 is 65.5 Å². The first kappa shape index (κ1) is 38.7. The molecule has 26 nitrogen and oxygen atoms in total. The van der Waals surface area contributed by atoms with E-state index in [0.717, 1.165) is 17.2 Å². The predicted octanol–water partition coefficient (Wildman–Crippen LogP) is -3.85. The lowest BCUT2D eigenvalue weighted by Crippen LogP contribution is -2.47. The number of nitrogens with two attached hydrogens (primary N) is 1. The molecule has 0 amide bonds. The van der Waals surface area contributed by atoms with Gasteiger partial charge in [-0.25, -0.2) is 33.2 Å². The average molecular weight is 749 g/mol. The Bertz CT molecular complexity index is 1570. The number of aliphatic hydroxyl groups excluding tert-OH is 6. The highest BCUT2D eigenvalue weighted by molar-refractivity contribution is 7.69. The minimum Gasteiger partial charge on any atom is -0.394 e. The van der Waals surface area contributed by atoms with E-state index < -0.39 is 99.7 Å². The van der Waals surface area contributed by atoms with Crippen LogP contribution in [0.25, 0.3) is 11.2 Å². The highest BCUT2D eigenvalue weighted by Crippen LogP contribution is 2.73. The van der Waals surface area contributed by atoms with Gasteiger partial charge in [-0.15, -0.1) is 0 Å². The minimum absolute atomic E-state index is 0.0154. The van der Waals surface area contributed by atoms with Crippen molar-refractivity contribution in [1.82, 2.24) is 19.5 Å². The van der Waals surface area contributed by atoms with Gasteiger partial charge in [0.15, 0.2) is 30.1 Å². The van der Waals surface area contributed by atoms with Gasteiger partial charge in [-0.05, 0) is 0 Å². The van der Waals surface area contributed by atoms with E-state index in [2.05, 4.69) is 36.9 Å². The van der Waals surface area contributed by atoms with Crippen LogP contribution in [0.15, 0.2) is 12.7 Å². The van der Waals surface area contributed by atoms with Gasteiger partial charge >= 0.3 is 31.3 Å². The summed E-state index contributed by atoms with van der Waals surface area (Å²) in [5.74, 6) is -0.0613. The monoisotopic (exact) mass is 749 g/mol. The Kier molecular flexibility index (Phi) is 12.5. The summed E-state index contributed by atoms with van der Waals surface area (Å²) in [6.45, 7) is -2.47. The molecule has 2 aromatic rings. The number of hydrogen-bond acceptors (Lipinski definition) is 21. The Morgan fingerprint density at radius 3 is 2.20 bits per heavy atom. The number of hydrogen-bond donors (Lipinski definition) is 11. The minimum atomic E-state index is -6.37. The quantitative estimate of drug-likeness (QED) is 0.0544. The first-order chi connectivity index (χ1) is 21.1. The number of ether oxygens (including phenoxy) is 1. The molecule has 3 unspecified atom stereocenters. The van der Waals surface area contributed by atoms with E-state index in [1.54, 1.807) is 0 Å². The van der Waals surface area contributed by atoms with Gasteiger partial charge in [-0.1, -0.05) is 0 Å². The number of aliphatic hydroxyl groups is 6. The Balaban J connectivity index is 1.75. The molecule has 262 valence electrons. The van der Waals surface area contributed by atoms with Crippen molar-refractivity contribution in [3.8, 4) is 0 Å². The molecule has 0 aliphatic carbocycles. The van der Waals surface area contributed by atoms with Crippen LogP contribution in [0.1, 0.15) is 6.23 Å². The number of aromatic nitrogens is 4. The van der Waals surface area contributed by atoms with Gasteiger partial charge in [0.2, 0.25) is 0 Å². The molecule has 1 aliphatic rings. The molecule has 2 aromatic heterocycles. The molecule has 30 heteroatoms. The summed E-state index contributed by atoms with van der Waals surface area (Å²) in [6.07, 6.45) is -15.0. The number of nitrogens with zero attached hydrogens (tertiary/aromatic N) is 4. The van der Waals surface area contributed by atoms with Crippen LogP contribution in [0.4, 0.5) is 5.82 Å². The van der Waals surface area contributed by atoms with Crippen LogP contribution < -0.4 is 5.73 Å². The first-order valence-corrected chi connectivity index (χ1v) is 17.9. The smallest absolute Gasteiger partial charge is 0.394 e. The number of rotatable bonds is 17. The van der Waals surface area contributed by atoms with Crippen molar-refractivity contribution in [2.45, 2.75) is 49.0 Å². The lowest BCUT2D eigenvalue weighted by Gasteiger charge is -2.27. The molecule has 3 heterocycles. The van der Waals surface area contributed by atoms with E-state index in [0.29, 0.717) is 0 Å². The van der Waals surface area contributed by atoms with Gasteiger partial charge in [0, 0.05) is 0 Å². The van der Waals surface area contributed by atoms with E-state index in [9.17, 15) is 58.4 Å². The number of nitrogen functional groups attached to an aromatic ring is 1. The molecule has 12 N–H and O–H groups in total. The van der Waals surface area contributed by atoms with Crippen molar-refractivity contribution in [3.05, 3.63) is 12.7 Å². The maximum Gasteiger partial charge on any atom is 0.492 e. The summed E-state index contributed by atoms with van der Waals surface area (Å²) in [5, 5.41) is 58.6. The molecular formula is C16H27N5O21P4. The lowest BCUT2D eigenvalue weighted by molar-refractivity contribution is -0.135. The number of carbonyl (C=O) groups excluding carboxylic acids is 1. The maximum atomic E-state index is 13.0. The second kappa shape index (κ2) is 14.8. The fourth-order valence-corrected chi connectivity index (χ4v) is 8.87. The van der Waals surface area contributed by atoms with Crippen LogP contribution >= 0.6 is 31.3 Å². The Hall–Kier alpha value is -1.70. The molecule has 0 bridgehead atoms. The number of fused-ring (bicyclic) bond motifs is 1. The van der Waals surface area contributed by atoms with Crippen LogP contribution in [0.2, 0.25) is 0 Å². The van der Waals surface area contributed by atoms with Gasteiger partial charge in [-0.3, -0.25) is 13.6 Å². The van der Waals surface area contributed by atoms with Gasteiger partial charge in [0.1, 0.15) is 48.5 Å². The summed E-state index contributed by atoms with van der Waals surface area (Å²) in [5.41, 5.74) is 5.78. The molecule has 0 aromatic carbocycles. The number of phosphoric ester groups is 1. The molecule has 46 heavy (non-hydrogen) atoms. The van der Waals surface area contributed by atoms with Crippen molar-refractivity contribution in [1.29, 1.82) is 0 Å². The molecule has 0 radical (unpaired) electrons. The maximum absolute atomic E-state index is 13.0. The SMILES string of the molecule is Nc1ncnc2c1ncn2[C@@H]1O[C@H](COP(=O)(OP(=O)(O)O)OP(=O)(O)OP(=O)(O)O[C@@H](C=O)[C@@H](O)[C@H](O)[C@H](O)CO)[C@@H](O)[C@H]1O. The second-order valence-corrected chi connectivity index (χ2v) is 15.2. The van der Waals surface area contributed by atoms with E-state index in [1.807, 2.05) is 0 Å². The van der Waals surface area contributed by atoms with Crippen LogP contribution in [-0.4, -0.2) is 132 Å². The van der Waals surface area contributed by atoms with Gasteiger partial charge in [0.05, 0.1) is 19.5 Å². The van der Waals surface area contributed by atoms with Crippen LogP contribution in [0.3, 0.4) is 0 Å². The average Bonchev–Trinajstić information content (AvgIpc) is 3.48. The molecule has 11 atom stereocenters. The lowest BCUT2D eigenvalue weighted by atomic mass is 10.0. The van der Waals surface area contributed by atoms with Crippen molar-refractivity contribution in [3.63, 3.8) is 0 Å². The molecule has 0 spiro atoms. The standard InChI is InChI=1S/C16H27N5O21P4/c17-14-9-15(19-4-18-14)21(5-20-9)16-13(28)12(27)8(38-16)3-37-46(36,40-43(29,30)31)42-45(34,35)41-44(32,33)39-7(2-23)11(26)10(25)6(24)1-22/h2,4-8,10-13,16,22,24-28H,1,3H2,(H,32,33)(H,34,35)(H2,17,18,19)(H2,29,30,31)/t6-,7+,8-,10-,11-,12-,13-,16-,46?/m1/s1. The summed E-state index contributed by atoms with van der Waals surface area (Å²) in [6, 6.07) is 0. The topological polar surface area (TPSA) is 413 Å². The van der Waals surface area contributed by atoms with E-state index in [1.165, 1.54) is 0 Å². The zero-order valence-electron chi connectivity index (χ0n) is 22.4. The first-order valence-electron chi connectivity index (χ1n) is 12.0. The Labute approximate surface area is 255 Å². The fraction of sp³-hybridized carbons (Fsp3) is 0.625. The van der Waals surface area contributed by atoms with Crippen molar-refractivity contribution in [2.24, 2.45) is 0 Å². The van der Waals surface area contributed by atoms with Crippen LogP contribution in [-0.2, 0) is 49.8 Å². The van der Waals surface area contributed by atoms with Gasteiger partial charge in [0.25, 0.3) is 0 Å². The molecule has 3 rings (SSSR count). The normalized spacial score (nSPS) is 27.3. The second-order valence-electron chi connectivity index (χ2n) is 8.98. The zero-order chi connectivity index (χ0) is 34.8. The third-order valence-electron chi connectivity index (χ3n) is 5.67. The zero-order valence-corrected chi connectivity index (χ0v) is 26.0. The number of carbonyl (C=O) groups is 1. The molecule has 1 aliphatic heterocycles. The van der Waals surface area contributed by atoms with E-state index in [-0.39, 0.29) is 17.0 Å². The Morgan fingerprint density at radius 1 is 0.957 bits per heavy atom. The highest BCUT2D eigenvalue weighted by Gasteiger charge is 2.51. The van der Waals surface area contributed by atoms with Crippen molar-refractivity contribution >= 4 is 54.6 Å². The number of phosphoric acid groups is 4. The van der Waals surface area contributed by atoms with Gasteiger partial charge in [-0.2, -0.15) is 12.9 Å². The van der Waals surface area contributed by atoms with E-state index in [4.69, 9.17) is 25.4 Å². The molecule has 1 fully saturated rings. The number of aldehydes is 1. The largest absolute Gasteiger partial charge is 0.492 e. The third-order valence-corrected chi connectivity index (χ3v) is 11.6.